The average molecular weight is 253 g/mol. The van der Waals surface area contributed by atoms with Gasteiger partial charge in [0.05, 0.1) is 5.56 Å². The monoisotopic (exact) mass is 253 g/mol. The SMILES string of the molecule is CC1Cc2cc(N)ccc2N1C(=O)c1cccnc1. The van der Waals surface area contributed by atoms with Gasteiger partial charge in [-0.2, -0.15) is 0 Å². The van der Waals surface area contributed by atoms with Gasteiger partial charge in [0.2, 0.25) is 0 Å². The molecule has 0 bridgehead atoms. The molecule has 4 heteroatoms. The van der Waals surface area contributed by atoms with Crippen molar-refractivity contribution in [2.45, 2.75) is 19.4 Å². The summed E-state index contributed by atoms with van der Waals surface area (Å²) in [5.74, 6) is -0.0101. The first-order valence-electron chi connectivity index (χ1n) is 6.29. The Labute approximate surface area is 111 Å². The van der Waals surface area contributed by atoms with Crippen LogP contribution in [0.4, 0.5) is 11.4 Å². The summed E-state index contributed by atoms with van der Waals surface area (Å²) >= 11 is 0. The minimum Gasteiger partial charge on any atom is -0.399 e. The Kier molecular flexibility index (Phi) is 2.71. The Balaban J connectivity index is 2.01. The molecule has 1 amide bonds. The molecule has 2 N–H and O–H groups in total. The second kappa shape index (κ2) is 4.39. The van der Waals surface area contributed by atoms with Crippen LogP contribution in [0, 0.1) is 0 Å². The van der Waals surface area contributed by atoms with Crippen LogP contribution in [-0.2, 0) is 6.42 Å². The Morgan fingerprint density at radius 3 is 3.00 bits per heavy atom. The van der Waals surface area contributed by atoms with Crippen LogP contribution in [0.5, 0.6) is 0 Å². The van der Waals surface area contributed by atoms with E-state index in [4.69, 9.17) is 5.73 Å². The zero-order valence-electron chi connectivity index (χ0n) is 10.7. The molecular weight excluding hydrogens is 238 g/mol. The highest BCUT2D eigenvalue weighted by molar-refractivity contribution is 6.07. The normalized spacial score (nSPS) is 17.3. The number of anilines is 2. The third-order valence-corrected chi connectivity index (χ3v) is 3.45. The van der Waals surface area contributed by atoms with Gasteiger partial charge in [0.25, 0.3) is 5.91 Å². The highest BCUT2D eigenvalue weighted by atomic mass is 16.2. The maximum absolute atomic E-state index is 12.6. The van der Waals surface area contributed by atoms with Gasteiger partial charge in [0.1, 0.15) is 0 Å². The number of carbonyl (C=O) groups excluding carboxylic acids is 1. The lowest BCUT2D eigenvalue weighted by Crippen LogP contribution is -2.35. The molecule has 1 atom stereocenters. The highest BCUT2D eigenvalue weighted by Gasteiger charge is 2.31. The van der Waals surface area contributed by atoms with Gasteiger partial charge in [0.15, 0.2) is 0 Å². The van der Waals surface area contributed by atoms with E-state index in [1.807, 2.05) is 30.0 Å². The number of fused-ring (bicyclic) bond motifs is 1. The number of aromatic nitrogens is 1. The van der Waals surface area contributed by atoms with E-state index in [0.29, 0.717) is 5.56 Å². The fourth-order valence-electron chi connectivity index (χ4n) is 2.59. The van der Waals surface area contributed by atoms with Crippen molar-refractivity contribution < 1.29 is 4.79 Å². The van der Waals surface area contributed by atoms with Gasteiger partial charge in [-0.15, -0.1) is 0 Å². The van der Waals surface area contributed by atoms with Crippen LogP contribution in [0.25, 0.3) is 0 Å². The quantitative estimate of drug-likeness (QED) is 0.793. The molecule has 2 heterocycles. The van der Waals surface area contributed by atoms with Crippen molar-refractivity contribution >= 4 is 17.3 Å². The number of amides is 1. The molecule has 1 aromatic heterocycles. The van der Waals surface area contributed by atoms with Crippen LogP contribution in [0.1, 0.15) is 22.8 Å². The summed E-state index contributed by atoms with van der Waals surface area (Å²) in [6.45, 7) is 2.05. The van der Waals surface area contributed by atoms with E-state index < -0.39 is 0 Å². The number of carbonyl (C=O) groups is 1. The first-order chi connectivity index (χ1) is 9.16. The Morgan fingerprint density at radius 2 is 2.26 bits per heavy atom. The number of benzene rings is 1. The van der Waals surface area contributed by atoms with Crippen LogP contribution in [0.3, 0.4) is 0 Å². The summed E-state index contributed by atoms with van der Waals surface area (Å²) in [7, 11) is 0. The molecule has 0 spiro atoms. The van der Waals surface area contributed by atoms with Crippen molar-refractivity contribution in [3.8, 4) is 0 Å². The number of hydrogen-bond acceptors (Lipinski definition) is 3. The number of hydrogen-bond donors (Lipinski definition) is 1. The molecule has 1 unspecified atom stereocenters. The zero-order chi connectivity index (χ0) is 13.4. The van der Waals surface area contributed by atoms with Gasteiger partial charge < -0.3 is 10.6 Å². The smallest absolute Gasteiger partial charge is 0.260 e. The molecule has 1 aliphatic heterocycles. The van der Waals surface area contributed by atoms with Crippen molar-refractivity contribution in [1.29, 1.82) is 0 Å². The van der Waals surface area contributed by atoms with Crippen LogP contribution in [0.15, 0.2) is 42.7 Å². The Bertz CT molecular complexity index is 625. The van der Waals surface area contributed by atoms with E-state index in [2.05, 4.69) is 4.98 Å². The van der Waals surface area contributed by atoms with Gasteiger partial charge in [0, 0.05) is 29.8 Å². The summed E-state index contributed by atoms with van der Waals surface area (Å²) in [4.78, 5) is 18.4. The number of nitrogen functional groups attached to an aromatic ring is 1. The Morgan fingerprint density at radius 1 is 1.42 bits per heavy atom. The van der Waals surface area contributed by atoms with Gasteiger partial charge in [-0.25, -0.2) is 0 Å². The first-order valence-corrected chi connectivity index (χ1v) is 6.29. The fraction of sp³-hybridized carbons (Fsp3) is 0.200. The van der Waals surface area contributed by atoms with Crippen molar-refractivity contribution in [1.82, 2.24) is 4.98 Å². The maximum Gasteiger partial charge on any atom is 0.260 e. The standard InChI is InChI=1S/C15H15N3O/c1-10-7-12-8-13(16)4-5-14(12)18(10)15(19)11-3-2-6-17-9-11/h2-6,8-10H,7,16H2,1H3. The lowest BCUT2D eigenvalue weighted by molar-refractivity contribution is 0.0981. The summed E-state index contributed by atoms with van der Waals surface area (Å²) < 4.78 is 0. The summed E-state index contributed by atoms with van der Waals surface area (Å²) in [5.41, 5.74) is 9.23. The van der Waals surface area contributed by atoms with Crippen LogP contribution >= 0.6 is 0 Å². The lowest BCUT2D eigenvalue weighted by atomic mass is 10.1. The molecule has 0 saturated heterocycles. The molecule has 1 aliphatic rings. The van der Waals surface area contributed by atoms with E-state index in [9.17, 15) is 4.79 Å². The molecule has 0 aliphatic carbocycles. The number of rotatable bonds is 1. The predicted octanol–water partition coefficient (Wildman–Crippen LogP) is 2.26. The Hall–Kier alpha value is -2.36. The van der Waals surface area contributed by atoms with E-state index in [-0.39, 0.29) is 11.9 Å². The molecule has 2 aromatic rings. The van der Waals surface area contributed by atoms with Gasteiger partial charge >= 0.3 is 0 Å². The average Bonchev–Trinajstić information content (AvgIpc) is 2.74. The molecule has 1 aromatic carbocycles. The molecule has 0 saturated carbocycles. The van der Waals surface area contributed by atoms with E-state index in [1.165, 1.54) is 0 Å². The molecular formula is C15H15N3O. The van der Waals surface area contributed by atoms with E-state index in [0.717, 1.165) is 23.4 Å². The summed E-state index contributed by atoms with van der Waals surface area (Å²) in [5, 5.41) is 0. The van der Waals surface area contributed by atoms with Crippen molar-refractivity contribution in [3.05, 3.63) is 53.9 Å². The van der Waals surface area contributed by atoms with Crippen LogP contribution in [0.2, 0.25) is 0 Å². The molecule has 96 valence electrons. The number of nitrogens with zero attached hydrogens (tertiary/aromatic N) is 2. The maximum atomic E-state index is 12.6. The third kappa shape index (κ3) is 1.95. The third-order valence-electron chi connectivity index (χ3n) is 3.45. The number of pyridine rings is 1. The van der Waals surface area contributed by atoms with Crippen LogP contribution < -0.4 is 10.6 Å². The van der Waals surface area contributed by atoms with Gasteiger partial charge in [-0.1, -0.05) is 0 Å². The van der Waals surface area contributed by atoms with Crippen molar-refractivity contribution in [2.75, 3.05) is 10.6 Å². The second-order valence-corrected chi connectivity index (χ2v) is 4.86. The molecule has 0 radical (unpaired) electrons. The molecule has 0 fully saturated rings. The highest BCUT2D eigenvalue weighted by Crippen LogP contribution is 2.34. The largest absolute Gasteiger partial charge is 0.399 e. The van der Waals surface area contributed by atoms with Crippen LogP contribution in [-0.4, -0.2) is 16.9 Å². The second-order valence-electron chi connectivity index (χ2n) is 4.86. The summed E-state index contributed by atoms with van der Waals surface area (Å²) in [6, 6.07) is 9.41. The fourth-order valence-corrected chi connectivity index (χ4v) is 2.59. The lowest BCUT2D eigenvalue weighted by Gasteiger charge is -2.22. The van der Waals surface area contributed by atoms with E-state index in [1.54, 1.807) is 24.5 Å². The minimum absolute atomic E-state index is 0.0101. The molecule has 4 nitrogen and oxygen atoms in total. The molecule has 19 heavy (non-hydrogen) atoms. The number of nitrogens with two attached hydrogens (primary N) is 1. The summed E-state index contributed by atoms with van der Waals surface area (Å²) in [6.07, 6.45) is 4.11. The topological polar surface area (TPSA) is 59.2 Å². The predicted molar refractivity (Wildman–Crippen MR) is 75.1 cm³/mol. The first kappa shape index (κ1) is 11.7. The zero-order valence-corrected chi connectivity index (χ0v) is 10.7. The van der Waals surface area contributed by atoms with Gasteiger partial charge in [-0.05, 0) is 49.2 Å². The molecule has 3 rings (SSSR count). The van der Waals surface area contributed by atoms with E-state index >= 15 is 0 Å². The van der Waals surface area contributed by atoms with Crippen molar-refractivity contribution in [2.24, 2.45) is 0 Å². The van der Waals surface area contributed by atoms with Crippen molar-refractivity contribution in [3.63, 3.8) is 0 Å². The van der Waals surface area contributed by atoms with Gasteiger partial charge in [-0.3, -0.25) is 9.78 Å². The minimum atomic E-state index is -0.0101.